The average Bonchev–Trinajstić information content (AvgIpc) is 2.95. The predicted molar refractivity (Wildman–Crippen MR) is 88.5 cm³/mol. The van der Waals surface area contributed by atoms with Gasteiger partial charge in [-0.05, 0) is 22.9 Å². The van der Waals surface area contributed by atoms with Crippen LogP contribution in [-0.4, -0.2) is 44.6 Å². The molecule has 24 heavy (non-hydrogen) atoms. The van der Waals surface area contributed by atoms with E-state index in [1.807, 2.05) is 30.3 Å². The first-order valence-electron chi connectivity index (χ1n) is 7.33. The first-order valence-corrected chi connectivity index (χ1v) is 7.33. The monoisotopic (exact) mass is 353 g/mol. The van der Waals surface area contributed by atoms with Crippen molar-refractivity contribution < 1.29 is 14.3 Å². The molecule has 0 spiro atoms. The lowest BCUT2D eigenvalue weighted by atomic mass is 10.1. The minimum Gasteiger partial charge on any atom is -0.466 e. The number of tetrazole rings is 1. The Morgan fingerprint density at radius 3 is 2.67 bits per heavy atom. The number of ketones is 1. The summed E-state index contributed by atoms with van der Waals surface area (Å²) in [6.07, 6.45) is 0.358. The normalized spacial score (nSPS) is 11.4. The molecule has 1 unspecified atom stereocenters. The summed E-state index contributed by atoms with van der Waals surface area (Å²) in [5.41, 5.74) is 6.77. The largest absolute Gasteiger partial charge is 0.466 e. The second-order valence-corrected chi connectivity index (χ2v) is 5.00. The molecule has 0 aliphatic rings. The van der Waals surface area contributed by atoms with Crippen molar-refractivity contribution in [2.45, 2.75) is 32.4 Å². The Balaban J connectivity index is 0.00000288. The Labute approximate surface area is 145 Å². The minimum absolute atomic E-state index is 0. The highest BCUT2D eigenvalue weighted by molar-refractivity contribution is 5.87. The molecule has 130 valence electrons. The fourth-order valence-electron chi connectivity index (χ4n) is 2.03. The highest BCUT2D eigenvalue weighted by atomic mass is 35.5. The molecule has 0 amide bonds. The summed E-state index contributed by atoms with van der Waals surface area (Å²) in [5, 5.41) is 11.3. The van der Waals surface area contributed by atoms with Crippen LogP contribution in [0, 0.1) is 0 Å². The number of aromatic nitrogens is 4. The zero-order valence-electron chi connectivity index (χ0n) is 13.3. The van der Waals surface area contributed by atoms with E-state index in [-0.39, 0.29) is 37.8 Å². The maximum Gasteiger partial charge on any atom is 0.307 e. The third-order valence-electron chi connectivity index (χ3n) is 3.22. The molecule has 0 aliphatic carbocycles. The van der Waals surface area contributed by atoms with E-state index >= 15 is 0 Å². The Morgan fingerprint density at radius 1 is 1.29 bits per heavy atom. The number of carbonyl (C=O) groups is 2. The summed E-state index contributed by atoms with van der Waals surface area (Å²) in [6.45, 7) is 1.88. The SMILES string of the molecule is CCOC(=O)CC(N)C(=O)Cn1nnnc1Cc1ccccc1.Cl. The minimum atomic E-state index is -0.928. The van der Waals surface area contributed by atoms with Crippen LogP contribution in [-0.2, 0) is 27.3 Å². The van der Waals surface area contributed by atoms with E-state index in [1.165, 1.54) is 4.68 Å². The molecule has 1 heterocycles. The van der Waals surface area contributed by atoms with Crippen LogP contribution in [0.1, 0.15) is 24.7 Å². The van der Waals surface area contributed by atoms with Gasteiger partial charge in [0.15, 0.2) is 11.6 Å². The van der Waals surface area contributed by atoms with Gasteiger partial charge in [-0.25, -0.2) is 4.68 Å². The molecule has 0 aliphatic heterocycles. The van der Waals surface area contributed by atoms with Crippen molar-refractivity contribution >= 4 is 24.2 Å². The summed E-state index contributed by atoms with van der Waals surface area (Å²) in [5.74, 6) is -0.248. The van der Waals surface area contributed by atoms with Crippen LogP contribution in [0.3, 0.4) is 0 Å². The fourth-order valence-corrected chi connectivity index (χ4v) is 2.03. The molecule has 2 aromatic rings. The van der Waals surface area contributed by atoms with Gasteiger partial charge in [0.25, 0.3) is 0 Å². The number of rotatable bonds is 8. The van der Waals surface area contributed by atoms with E-state index in [4.69, 9.17) is 10.5 Å². The van der Waals surface area contributed by atoms with Gasteiger partial charge in [0.1, 0.15) is 6.54 Å². The molecular weight excluding hydrogens is 334 g/mol. The van der Waals surface area contributed by atoms with Crippen molar-refractivity contribution in [1.29, 1.82) is 0 Å². The first kappa shape index (κ1) is 19.7. The van der Waals surface area contributed by atoms with Gasteiger partial charge in [0.2, 0.25) is 0 Å². The van der Waals surface area contributed by atoms with E-state index in [2.05, 4.69) is 15.5 Å². The zero-order chi connectivity index (χ0) is 16.7. The summed E-state index contributed by atoms with van der Waals surface area (Å²) in [6, 6.07) is 8.74. The molecule has 0 radical (unpaired) electrons. The first-order chi connectivity index (χ1) is 11.1. The number of esters is 1. The van der Waals surface area contributed by atoms with E-state index in [0.29, 0.717) is 12.2 Å². The van der Waals surface area contributed by atoms with E-state index in [0.717, 1.165) is 5.56 Å². The number of hydrogen-bond acceptors (Lipinski definition) is 7. The summed E-state index contributed by atoms with van der Waals surface area (Å²) in [7, 11) is 0. The number of hydrogen-bond donors (Lipinski definition) is 1. The molecule has 0 bridgehead atoms. The number of nitrogens with zero attached hydrogens (tertiary/aromatic N) is 4. The average molecular weight is 354 g/mol. The molecule has 1 aromatic carbocycles. The number of ether oxygens (including phenoxy) is 1. The molecule has 8 nitrogen and oxygen atoms in total. The smallest absolute Gasteiger partial charge is 0.307 e. The van der Waals surface area contributed by atoms with Crippen LogP contribution in [0.25, 0.3) is 0 Å². The lowest BCUT2D eigenvalue weighted by Crippen LogP contribution is -2.36. The van der Waals surface area contributed by atoms with Gasteiger partial charge in [0, 0.05) is 6.42 Å². The molecule has 0 saturated heterocycles. The lowest BCUT2D eigenvalue weighted by molar-refractivity contribution is -0.144. The maximum absolute atomic E-state index is 12.1. The van der Waals surface area contributed by atoms with Crippen LogP contribution in [0.15, 0.2) is 30.3 Å². The standard InChI is InChI=1S/C15H19N5O3.ClH/c1-2-23-15(22)9-12(16)13(21)10-20-14(17-18-19-20)8-11-6-4-3-5-7-11;/h3-7,12H,2,8-10,16H2,1H3;1H. The molecule has 0 fully saturated rings. The van der Waals surface area contributed by atoms with Crippen LogP contribution in [0.4, 0.5) is 0 Å². The van der Waals surface area contributed by atoms with Crippen molar-refractivity contribution in [3.63, 3.8) is 0 Å². The van der Waals surface area contributed by atoms with Gasteiger partial charge in [-0.3, -0.25) is 9.59 Å². The van der Waals surface area contributed by atoms with E-state index < -0.39 is 12.0 Å². The summed E-state index contributed by atoms with van der Waals surface area (Å²) in [4.78, 5) is 23.5. The number of carbonyl (C=O) groups excluding carboxylic acids is 2. The maximum atomic E-state index is 12.1. The molecule has 2 rings (SSSR count). The van der Waals surface area contributed by atoms with Gasteiger partial charge in [-0.15, -0.1) is 17.5 Å². The quantitative estimate of drug-likeness (QED) is 0.689. The highest BCUT2D eigenvalue weighted by Gasteiger charge is 2.20. The van der Waals surface area contributed by atoms with Crippen LogP contribution >= 0.6 is 12.4 Å². The topological polar surface area (TPSA) is 113 Å². The van der Waals surface area contributed by atoms with Crippen molar-refractivity contribution in [1.82, 2.24) is 20.2 Å². The lowest BCUT2D eigenvalue weighted by Gasteiger charge is -2.10. The Hall–Kier alpha value is -2.32. The Bertz CT molecular complexity index is 662. The van der Waals surface area contributed by atoms with Crippen LogP contribution in [0.5, 0.6) is 0 Å². The van der Waals surface area contributed by atoms with Gasteiger partial charge in [-0.2, -0.15) is 0 Å². The van der Waals surface area contributed by atoms with Crippen LogP contribution < -0.4 is 5.73 Å². The molecular formula is C15H20ClN5O3. The Kier molecular flexibility index (Phi) is 8.00. The van der Waals surface area contributed by atoms with Crippen molar-refractivity contribution in [2.24, 2.45) is 5.73 Å². The zero-order valence-corrected chi connectivity index (χ0v) is 14.1. The van der Waals surface area contributed by atoms with Gasteiger partial charge < -0.3 is 10.5 Å². The van der Waals surface area contributed by atoms with Gasteiger partial charge >= 0.3 is 5.97 Å². The molecule has 1 atom stereocenters. The number of halogens is 1. The summed E-state index contributed by atoms with van der Waals surface area (Å²) >= 11 is 0. The van der Waals surface area contributed by atoms with Crippen molar-refractivity contribution in [3.8, 4) is 0 Å². The van der Waals surface area contributed by atoms with Crippen molar-refractivity contribution in [2.75, 3.05) is 6.61 Å². The van der Waals surface area contributed by atoms with E-state index in [9.17, 15) is 9.59 Å². The molecule has 2 N–H and O–H groups in total. The van der Waals surface area contributed by atoms with Gasteiger partial charge in [0.05, 0.1) is 19.1 Å². The number of Topliss-reactive ketones (excluding diaryl/α,β-unsaturated/α-hetero) is 1. The predicted octanol–water partition coefficient (Wildman–Crippen LogP) is 0.535. The van der Waals surface area contributed by atoms with Gasteiger partial charge in [-0.1, -0.05) is 30.3 Å². The van der Waals surface area contributed by atoms with Crippen LogP contribution in [0.2, 0.25) is 0 Å². The third kappa shape index (κ3) is 5.71. The third-order valence-corrected chi connectivity index (χ3v) is 3.22. The Morgan fingerprint density at radius 2 is 2.00 bits per heavy atom. The number of benzene rings is 1. The fraction of sp³-hybridized carbons (Fsp3) is 0.400. The second kappa shape index (κ2) is 9.74. The van der Waals surface area contributed by atoms with Crippen molar-refractivity contribution in [3.05, 3.63) is 41.7 Å². The van der Waals surface area contributed by atoms with E-state index in [1.54, 1.807) is 6.92 Å². The second-order valence-electron chi connectivity index (χ2n) is 5.00. The molecule has 9 heteroatoms. The highest BCUT2D eigenvalue weighted by Crippen LogP contribution is 2.06. The molecule has 0 saturated carbocycles. The summed E-state index contributed by atoms with van der Waals surface area (Å²) < 4.78 is 6.19. The number of nitrogens with two attached hydrogens (primary N) is 1. The molecule has 1 aromatic heterocycles.